The van der Waals surface area contributed by atoms with Crippen LogP contribution in [0.4, 0.5) is 11.7 Å². The first kappa shape index (κ1) is 11.4. The van der Waals surface area contributed by atoms with Gasteiger partial charge in [-0.05, 0) is 24.6 Å². The summed E-state index contributed by atoms with van der Waals surface area (Å²) in [7, 11) is 0. The second kappa shape index (κ2) is 4.42. The maximum atomic E-state index is 10.6. The van der Waals surface area contributed by atoms with Crippen molar-refractivity contribution in [1.82, 2.24) is 9.97 Å². The van der Waals surface area contributed by atoms with Crippen molar-refractivity contribution in [2.75, 3.05) is 5.32 Å². The van der Waals surface area contributed by atoms with Crippen molar-refractivity contribution in [3.05, 3.63) is 34.9 Å². The molecule has 0 unspecified atom stereocenters. The number of furan rings is 1. The Morgan fingerprint density at radius 1 is 1.53 bits per heavy atom. The van der Waals surface area contributed by atoms with Crippen molar-refractivity contribution < 1.29 is 14.3 Å². The second-order valence-electron chi connectivity index (χ2n) is 3.26. The van der Waals surface area contributed by atoms with Crippen molar-refractivity contribution in [2.24, 2.45) is 0 Å². The summed E-state index contributed by atoms with van der Waals surface area (Å²) in [5.41, 5.74) is 0.766. The molecule has 7 heteroatoms. The summed E-state index contributed by atoms with van der Waals surface area (Å²) in [6, 6.07) is 2.85. The SMILES string of the molecule is Cc1cnc(Cl)nc1Nc1ccc(C(=O)O)o1. The molecule has 2 N–H and O–H groups in total. The lowest BCUT2D eigenvalue weighted by Gasteiger charge is -2.04. The third-order valence-electron chi connectivity index (χ3n) is 2.00. The van der Waals surface area contributed by atoms with Crippen LogP contribution in [0.5, 0.6) is 0 Å². The van der Waals surface area contributed by atoms with E-state index in [2.05, 4.69) is 15.3 Å². The van der Waals surface area contributed by atoms with Gasteiger partial charge < -0.3 is 14.8 Å². The zero-order valence-corrected chi connectivity index (χ0v) is 9.52. The Kier molecular flexibility index (Phi) is 2.97. The van der Waals surface area contributed by atoms with Crippen LogP contribution in [-0.4, -0.2) is 21.0 Å². The summed E-state index contributed by atoms with van der Waals surface area (Å²) in [5, 5.41) is 11.6. The number of carboxylic acid groups (broad SMARTS) is 1. The van der Waals surface area contributed by atoms with Crippen molar-refractivity contribution in [1.29, 1.82) is 0 Å². The smallest absolute Gasteiger partial charge is 0.371 e. The summed E-state index contributed by atoms with van der Waals surface area (Å²) in [6.07, 6.45) is 1.55. The number of hydrogen-bond donors (Lipinski definition) is 2. The predicted molar refractivity (Wildman–Crippen MR) is 60.7 cm³/mol. The number of nitrogens with zero attached hydrogens (tertiary/aromatic N) is 2. The van der Waals surface area contributed by atoms with Crippen molar-refractivity contribution >= 4 is 29.3 Å². The lowest BCUT2D eigenvalue weighted by molar-refractivity contribution is 0.0663. The number of aromatic nitrogens is 2. The molecule has 0 aromatic carbocycles. The van der Waals surface area contributed by atoms with Crippen molar-refractivity contribution in [3.63, 3.8) is 0 Å². The number of halogens is 1. The fourth-order valence-corrected chi connectivity index (χ4v) is 1.32. The molecule has 2 rings (SSSR count). The van der Waals surface area contributed by atoms with Crippen LogP contribution >= 0.6 is 11.6 Å². The Bertz CT molecular complexity index is 568. The van der Waals surface area contributed by atoms with Gasteiger partial charge in [-0.15, -0.1) is 0 Å². The molecule has 2 aromatic rings. The lowest BCUT2D eigenvalue weighted by atomic mass is 10.3. The molecule has 0 bridgehead atoms. The number of hydrogen-bond acceptors (Lipinski definition) is 5. The zero-order valence-electron chi connectivity index (χ0n) is 8.77. The number of carbonyl (C=O) groups is 1. The topological polar surface area (TPSA) is 88.2 Å². The number of aryl methyl sites for hydroxylation is 1. The van der Waals surface area contributed by atoms with E-state index in [0.717, 1.165) is 5.56 Å². The van der Waals surface area contributed by atoms with Gasteiger partial charge in [-0.2, -0.15) is 0 Å². The number of aromatic carboxylic acids is 1. The Labute approximate surface area is 101 Å². The molecule has 0 radical (unpaired) electrons. The second-order valence-corrected chi connectivity index (χ2v) is 3.60. The molecule has 0 saturated carbocycles. The van der Waals surface area contributed by atoms with E-state index >= 15 is 0 Å². The Morgan fingerprint density at radius 2 is 2.29 bits per heavy atom. The van der Waals surface area contributed by atoms with Gasteiger partial charge in [-0.1, -0.05) is 0 Å². The third-order valence-corrected chi connectivity index (χ3v) is 2.18. The standard InChI is InChI=1S/C10H8ClN3O3/c1-5-4-12-10(11)14-8(5)13-7-3-2-6(17-7)9(15)16/h2-4H,1H3,(H,15,16)(H,12,13,14). The van der Waals surface area contributed by atoms with Crippen LogP contribution in [0.3, 0.4) is 0 Å². The summed E-state index contributed by atoms with van der Waals surface area (Å²) in [6.45, 7) is 1.79. The molecule has 0 aliphatic heterocycles. The molecule has 0 fully saturated rings. The van der Waals surface area contributed by atoms with Gasteiger partial charge in [0.25, 0.3) is 0 Å². The number of rotatable bonds is 3. The van der Waals surface area contributed by atoms with Gasteiger partial charge in [0, 0.05) is 17.8 Å². The molecule has 0 aliphatic carbocycles. The highest BCUT2D eigenvalue weighted by atomic mass is 35.5. The van der Waals surface area contributed by atoms with Crippen LogP contribution in [0.2, 0.25) is 5.28 Å². The molecular formula is C10H8ClN3O3. The molecule has 6 nitrogen and oxygen atoms in total. The van der Waals surface area contributed by atoms with E-state index < -0.39 is 5.97 Å². The van der Waals surface area contributed by atoms with E-state index in [1.54, 1.807) is 13.1 Å². The highest BCUT2D eigenvalue weighted by molar-refractivity contribution is 6.28. The third kappa shape index (κ3) is 2.54. The van der Waals surface area contributed by atoms with Crippen molar-refractivity contribution in [2.45, 2.75) is 6.92 Å². The molecule has 17 heavy (non-hydrogen) atoms. The quantitative estimate of drug-likeness (QED) is 0.817. The largest absolute Gasteiger partial charge is 0.475 e. The highest BCUT2D eigenvalue weighted by Crippen LogP contribution is 2.21. The molecule has 88 valence electrons. The van der Waals surface area contributed by atoms with E-state index in [0.29, 0.717) is 5.82 Å². The van der Waals surface area contributed by atoms with Crippen LogP contribution in [0.15, 0.2) is 22.7 Å². The van der Waals surface area contributed by atoms with Crippen LogP contribution in [0.25, 0.3) is 0 Å². The van der Waals surface area contributed by atoms with Gasteiger partial charge in [0.1, 0.15) is 5.82 Å². The maximum absolute atomic E-state index is 10.6. The first-order chi connectivity index (χ1) is 8.06. The average Bonchev–Trinajstić information content (AvgIpc) is 2.72. The monoisotopic (exact) mass is 253 g/mol. The Morgan fingerprint density at radius 3 is 2.94 bits per heavy atom. The molecule has 0 spiro atoms. The zero-order chi connectivity index (χ0) is 12.4. The van der Waals surface area contributed by atoms with E-state index in [1.807, 2.05) is 0 Å². The van der Waals surface area contributed by atoms with Gasteiger partial charge in [0.2, 0.25) is 11.0 Å². The first-order valence-corrected chi connectivity index (χ1v) is 5.03. The molecule has 0 saturated heterocycles. The lowest BCUT2D eigenvalue weighted by Crippen LogP contribution is -1.97. The van der Waals surface area contributed by atoms with E-state index in [1.165, 1.54) is 12.1 Å². The van der Waals surface area contributed by atoms with Gasteiger partial charge in [-0.25, -0.2) is 14.8 Å². The number of nitrogens with one attached hydrogen (secondary N) is 1. The van der Waals surface area contributed by atoms with Gasteiger partial charge in [0.15, 0.2) is 5.88 Å². The fraction of sp³-hybridized carbons (Fsp3) is 0.100. The fourth-order valence-electron chi connectivity index (χ4n) is 1.18. The maximum Gasteiger partial charge on any atom is 0.371 e. The van der Waals surface area contributed by atoms with Crippen LogP contribution in [0, 0.1) is 6.92 Å². The summed E-state index contributed by atoms with van der Waals surface area (Å²) in [5.74, 6) is -0.530. The van der Waals surface area contributed by atoms with Crippen molar-refractivity contribution in [3.8, 4) is 0 Å². The minimum Gasteiger partial charge on any atom is -0.475 e. The molecule has 0 atom stereocenters. The number of anilines is 2. The molecule has 0 amide bonds. The van der Waals surface area contributed by atoms with Crippen LogP contribution < -0.4 is 5.32 Å². The summed E-state index contributed by atoms with van der Waals surface area (Å²) >= 11 is 5.65. The first-order valence-electron chi connectivity index (χ1n) is 4.65. The Hall–Kier alpha value is -2.08. The molecular weight excluding hydrogens is 246 g/mol. The normalized spacial score (nSPS) is 10.2. The van der Waals surface area contributed by atoms with Gasteiger partial charge in [-0.3, -0.25) is 0 Å². The van der Waals surface area contributed by atoms with E-state index in [9.17, 15) is 4.79 Å². The van der Waals surface area contributed by atoms with Crippen LogP contribution in [0.1, 0.15) is 16.1 Å². The van der Waals surface area contributed by atoms with Gasteiger partial charge in [0.05, 0.1) is 0 Å². The van der Waals surface area contributed by atoms with E-state index in [-0.39, 0.29) is 16.9 Å². The number of carboxylic acids is 1. The van der Waals surface area contributed by atoms with Gasteiger partial charge >= 0.3 is 5.97 Å². The molecule has 2 heterocycles. The minimum absolute atomic E-state index is 0.100. The molecule has 2 aromatic heterocycles. The summed E-state index contributed by atoms with van der Waals surface area (Å²) < 4.78 is 5.03. The summed E-state index contributed by atoms with van der Waals surface area (Å²) in [4.78, 5) is 18.4. The Balaban J connectivity index is 2.25. The predicted octanol–water partition coefficient (Wildman–Crippen LogP) is 2.47. The average molecular weight is 254 g/mol. The molecule has 0 aliphatic rings. The van der Waals surface area contributed by atoms with E-state index in [4.69, 9.17) is 21.1 Å². The van der Waals surface area contributed by atoms with Crippen LogP contribution in [-0.2, 0) is 0 Å². The highest BCUT2D eigenvalue weighted by Gasteiger charge is 2.10. The minimum atomic E-state index is -1.13.